The number of nitrogens with zero attached hydrogens (tertiary/aromatic N) is 3. The predicted octanol–water partition coefficient (Wildman–Crippen LogP) is 3.87. The van der Waals surface area contributed by atoms with Crippen LogP contribution in [0.4, 0.5) is 0 Å². The van der Waals surface area contributed by atoms with Crippen LogP contribution in [0.3, 0.4) is 0 Å². The summed E-state index contributed by atoms with van der Waals surface area (Å²) in [4.78, 5) is 13.1. The van der Waals surface area contributed by atoms with Crippen LogP contribution in [0, 0.1) is 40.9 Å². The first-order valence-corrected chi connectivity index (χ1v) is 11.5. The molecular weight excluding hydrogens is 350 g/mol. The molecule has 5 nitrogen and oxygen atoms in total. The molecule has 0 saturated heterocycles. The SMILES string of the molecule is C[C@@]1(O)CC[C@H]2[C@@H](CC[C@@H]3[C@@H]2CC[C@]2(C)[C@@H](C(=O)Cn4ccnn4)CC[C@@H]32)C1. The molecule has 1 heterocycles. The first kappa shape index (κ1) is 18.8. The monoisotopic (exact) mass is 385 g/mol. The molecule has 0 unspecified atom stereocenters. The van der Waals surface area contributed by atoms with E-state index in [0.717, 1.165) is 42.9 Å². The fourth-order valence-corrected chi connectivity index (χ4v) is 8.20. The van der Waals surface area contributed by atoms with E-state index < -0.39 is 5.60 Å². The molecule has 154 valence electrons. The standard InChI is InChI=1S/C23H35N3O2/c1-22(28)9-7-16-15(13-22)3-4-18-17(16)8-10-23(2)19(18)5-6-20(23)21(27)14-26-12-11-24-25-26/h11-12,15-20,28H,3-10,13-14H2,1-2H3/t15-,16-,17+,18+,19-,20+,22+,23-/m0/s1. The molecule has 1 aromatic heterocycles. The van der Waals surface area contributed by atoms with Crippen LogP contribution in [0.5, 0.6) is 0 Å². The van der Waals surface area contributed by atoms with Crippen molar-refractivity contribution >= 4 is 5.78 Å². The third-order valence-corrected chi connectivity index (χ3v) is 9.42. The lowest BCUT2D eigenvalue weighted by Gasteiger charge is -2.56. The number of carbonyl (C=O) groups excluding carboxylic acids is 1. The molecule has 5 rings (SSSR count). The minimum atomic E-state index is -0.441. The summed E-state index contributed by atoms with van der Waals surface area (Å²) >= 11 is 0. The van der Waals surface area contributed by atoms with Gasteiger partial charge in [-0.15, -0.1) is 5.10 Å². The van der Waals surface area contributed by atoms with Crippen LogP contribution in [0.15, 0.2) is 12.4 Å². The Morgan fingerprint density at radius 1 is 1.07 bits per heavy atom. The first-order chi connectivity index (χ1) is 13.4. The Morgan fingerprint density at radius 2 is 1.89 bits per heavy atom. The number of hydrogen-bond acceptors (Lipinski definition) is 4. The predicted molar refractivity (Wildman–Crippen MR) is 106 cm³/mol. The Bertz CT molecular complexity index is 730. The maximum atomic E-state index is 13.1. The molecule has 4 aliphatic rings. The van der Waals surface area contributed by atoms with Crippen molar-refractivity contribution in [2.45, 2.75) is 83.8 Å². The van der Waals surface area contributed by atoms with E-state index in [9.17, 15) is 9.90 Å². The van der Waals surface area contributed by atoms with Crippen molar-refractivity contribution in [2.75, 3.05) is 0 Å². The van der Waals surface area contributed by atoms with Crippen LogP contribution < -0.4 is 0 Å². The average molecular weight is 386 g/mol. The highest BCUT2D eigenvalue weighted by Gasteiger charge is 2.58. The average Bonchev–Trinajstić information content (AvgIpc) is 3.27. The third-order valence-electron chi connectivity index (χ3n) is 9.42. The minimum absolute atomic E-state index is 0.172. The van der Waals surface area contributed by atoms with E-state index in [1.807, 2.05) is 6.92 Å². The Balaban J connectivity index is 1.32. The van der Waals surface area contributed by atoms with Crippen LogP contribution in [-0.4, -0.2) is 31.5 Å². The molecule has 4 fully saturated rings. The number of aliphatic hydroxyl groups is 1. The van der Waals surface area contributed by atoms with Gasteiger partial charge in [0, 0.05) is 12.1 Å². The maximum absolute atomic E-state index is 13.1. The smallest absolute Gasteiger partial charge is 0.157 e. The van der Waals surface area contributed by atoms with Crippen molar-refractivity contribution in [3.63, 3.8) is 0 Å². The number of hydrogen-bond donors (Lipinski definition) is 1. The topological polar surface area (TPSA) is 68.0 Å². The Kier molecular flexibility index (Phi) is 4.46. The van der Waals surface area contributed by atoms with E-state index >= 15 is 0 Å². The van der Waals surface area contributed by atoms with Gasteiger partial charge in [0.1, 0.15) is 6.54 Å². The van der Waals surface area contributed by atoms with E-state index in [4.69, 9.17) is 0 Å². The van der Waals surface area contributed by atoms with Crippen LogP contribution in [0.25, 0.3) is 0 Å². The summed E-state index contributed by atoms with van der Waals surface area (Å²) in [6, 6.07) is 0. The number of aromatic nitrogens is 3. The number of fused-ring (bicyclic) bond motifs is 5. The molecule has 0 bridgehead atoms. The van der Waals surface area contributed by atoms with Gasteiger partial charge in [0.2, 0.25) is 0 Å². The lowest BCUT2D eigenvalue weighted by atomic mass is 9.49. The van der Waals surface area contributed by atoms with Gasteiger partial charge in [-0.2, -0.15) is 0 Å². The Morgan fingerprint density at radius 3 is 2.68 bits per heavy atom. The first-order valence-electron chi connectivity index (χ1n) is 11.5. The fourth-order valence-electron chi connectivity index (χ4n) is 8.20. The summed E-state index contributed by atoms with van der Waals surface area (Å²) in [5.74, 6) is 4.42. The molecule has 0 aliphatic heterocycles. The lowest BCUT2D eigenvalue weighted by molar-refractivity contribution is -0.133. The number of carbonyl (C=O) groups is 1. The molecule has 1 N–H and O–H groups in total. The third kappa shape index (κ3) is 2.96. The molecule has 8 atom stereocenters. The summed E-state index contributed by atoms with van der Waals surface area (Å²) in [5.41, 5.74) is -0.269. The van der Waals surface area contributed by atoms with Crippen LogP contribution in [0.2, 0.25) is 0 Å². The van der Waals surface area contributed by atoms with Crippen molar-refractivity contribution in [3.8, 4) is 0 Å². The van der Waals surface area contributed by atoms with Crippen molar-refractivity contribution in [3.05, 3.63) is 12.4 Å². The molecule has 4 saturated carbocycles. The van der Waals surface area contributed by atoms with E-state index in [1.165, 1.54) is 38.5 Å². The van der Waals surface area contributed by atoms with E-state index in [-0.39, 0.29) is 11.3 Å². The highest BCUT2D eigenvalue weighted by Crippen LogP contribution is 2.64. The highest BCUT2D eigenvalue weighted by atomic mass is 16.3. The zero-order valence-corrected chi connectivity index (χ0v) is 17.4. The normalized spacial score (nSPS) is 47.8. The van der Waals surface area contributed by atoms with E-state index in [2.05, 4.69) is 17.2 Å². The van der Waals surface area contributed by atoms with Crippen LogP contribution in [0.1, 0.15) is 71.6 Å². The lowest BCUT2D eigenvalue weighted by Crippen LogP contribution is -2.51. The second kappa shape index (κ2) is 6.65. The molecular formula is C23H35N3O2. The van der Waals surface area contributed by atoms with E-state index in [1.54, 1.807) is 17.1 Å². The van der Waals surface area contributed by atoms with Gasteiger partial charge in [-0.25, -0.2) is 4.68 Å². The van der Waals surface area contributed by atoms with Crippen molar-refractivity contribution in [2.24, 2.45) is 40.9 Å². The Hall–Kier alpha value is -1.23. The van der Waals surface area contributed by atoms with Gasteiger partial charge < -0.3 is 5.11 Å². The quantitative estimate of drug-likeness (QED) is 0.858. The van der Waals surface area contributed by atoms with Gasteiger partial charge >= 0.3 is 0 Å². The van der Waals surface area contributed by atoms with Gasteiger partial charge in [0.05, 0.1) is 11.8 Å². The fraction of sp³-hybridized carbons (Fsp3) is 0.870. The highest BCUT2D eigenvalue weighted by molar-refractivity contribution is 5.82. The van der Waals surface area contributed by atoms with Crippen molar-refractivity contribution in [1.82, 2.24) is 15.0 Å². The van der Waals surface area contributed by atoms with Crippen LogP contribution in [-0.2, 0) is 11.3 Å². The molecule has 4 aliphatic carbocycles. The summed E-state index contributed by atoms with van der Waals surface area (Å²) in [6.45, 7) is 4.83. The number of rotatable bonds is 3. The maximum Gasteiger partial charge on any atom is 0.157 e. The van der Waals surface area contributed by atoms with Crippen molar-refractivity contribution < 1.29 is 9.90 Å². The van der Waals surface area contributed by atoms with Gasteiger partial charge in [-0.05, 0) is 99.7 Å². The number of ketones is 1. The minimum Gasteiger partial charge on any atom is -0.390 e. The summed E-state index contributed by atoms with van der Waals surface area (Å²) < 4.78 is 1.68. The number of Topliss-reactive ketones (excluding diaryl/α,β-unsaturated/α-hetero) is 1. The van der Waals surface area contributed by atoms with Gasteiger partial charge in [-0.1, -0.05) is 12.1 Å². The molecule has 0 aromatic carbocycles. The molecule has 0 radical (unpaired) electrons. The molecule has 0 spiro atoms. The largest absolute Gasteiger partial charge is 0.390 e. The molecule has 5 heteroatoms. The zero-order valence-electron chi connectivity index (χ0n) is 17.4. The molecule has 1 aromatic rings. The summed E-state index contributed by atoms with van der Waals surface area (Å²) in [5, 5.41) is 18.4. The zero-order chi connectivity index (χ0) is 19.5. The van der Waals surface area contributed by atoms with E-state index in [0.29, 0.717) is 18.2 Å². The van der Waals surface area contributed by atoms with Gasteiger partial charge in [-0.3, -0.25) is 4.79 Å². The molecule has 28 heavy (non-hydrogen) atoms. The molecule has 0 amide bonds. The summed E-state index contributed by atoms with van der Waals surface area (Å²) in [6.07, 6.45) is 14.0. The van der Waals surface area contributed by atoms with Gasteiger partial charge in [0.15, 0.2) is 5.78 Å². The van der Waals surface area contributed by atoms with Gasteiger partial charge in [0.25, 0.3) is 0 Å². The van der Waals surface area contributed by atoms with Crippen molar-refractivity contribution in [1.29, 1.82) is 0 Å². The second-order valence-corrected chi connectivity index (χ2v) is 10.9. The Labute approximate surface area is 168 Å². The second-order valence-electron chi connectivity index (χ2n) is 10.9. The summed E-state index contributed by atoms with van der Waals surface area (Å²) in [7, 11) is 0. The van der Waals surface area contributed by atoms with Crippen LogP contribution >= 0.6 is 0 Å².